The molecule has 1 atom stereocenters. The van der Waals surface area contributed by atoms with Gasteiger partial charge in [-0.05, 0) is 18.6 Å². The molecule has 1 fully saturated rings. The highest BCUT2D eigenvalue weighted by Gasteiger charge is 2.26. The summed E-state index contributed by atoms with van der Waals surface area (Å²) in [7, 11) is 0. The lowest BCUT2D eigenvalue weighted by Gasteiger charge is -2.37. The number of thiocarbonyl (C=S) groups is 1. The van der Waals surface area contributed by atoms with Crippen molar-refractivity contribution in [3.05, 3.63) is 29.3 Å². The van der Waals surface area contributed by atoms with Gasteiger partial charge >= 0.3 is 0 Å². The molecule has 1 heterocycles. The van der Waals surface area contributed by atoms with Crippen molar-refractivity contribution in [1.82, 2.24) is 0 Å². The molecule has 6 heteroatoms. The summed E-state index contributed by atoms with van der Waals surface area (Å²) in [5.74, 6) is -1.88. The van der Waals surface area contributed by atoms with E-state index in [4.69, 9.17) is 22.7 Å². The Morgan fingerprint density at radius 2 is 2.21 bits per heavy atom. The first-order valence-electron chi connectivity index (χ1n) is 6.18. The molecule has 3 nitrogen and oxygen atoms in total. The maximum absolute atomic E-state index is 14.1. The van der Waals surface area contributed by atoms with Gasteiger partial charge < -0.3 is 15.4 Å². The van der Waals surface area contributed by atoms with Crippen LogP contribution < -0.4 is 10.6 Å². The Labute approximate surface area is 116 Å². The van der Waals surface area contributed by atoms with Crippen LogP contribution in [0.4, 0.5) is 14.5 Å². The van der Waals surface area contributed by atoms with Gasteiger partial charge in [0, 0.05) is 12.1 Å². The number of hydrogen-bond donors (Lipinski definition) is 1. The molecule has 1 aliphatic heterocycles. The quantitative estimate of drug-likeness (QED) is 0.865. The molecule has 104 valence electrons. The lowest BCUT2D eigenvalue weighted by atomic mass is 10.1. The molecule has 1 aromatic rings. The molecule has 19 heavy (non-hydrogen) atoms. The fraction of sp³-hybridized carbons (Fsp3) is 0.462. The minimum atomic E-state index is -0.980. The summed E-state index contributed by atoms with van der Waals surface area (Å²) in [5.41, 5.74) is 5.54. The second kappa shape index (κ2) is 5.79. The van der Waals surface area contributed by atoms with Gasteiger partial charge in [0.2, 0.25) is 0 Å². The maximum atomic E-state index is 14.1. The van der Waals surface area contributed by atoms with E-state index in [2.05, 4.69) is 0 Å². The van der Waals surface area contributed by atoms with Crippen LogP contribution in [-0.2, 0) is 4.74 Å². The highest BCUT2D eigenvalue weighted by atomic mass is 32.1. The SMILES string of the molecule is CCC1COCCN1c1ccc(C(N)=S)c(F)c1F. The summed E-state index contributed by atoms with van der Waals surface area (Å²) in [4.78, 5) is 1.70. The summed E-state index contributed by atoms with van der Waals surface area (Å²) >= 11 is 4.69. The van der Waals surface area contributed by atoms with Crippen molar-refractivity contribution >= 4 is 22.9 Å². The Morgan fingerprint density at radius 3 is 2.84 bits per heavy atom. The molecule has 1 aromatic carbocycles. The molecule has 2 N–H and O–H groups in total. The molecule has 1 saturated heterocycles. The Balaban J connectivity index is 2.39. The summed E-state index contributed by atoms with van der Waals surface area (Å²) in [6.07, 6.45) is 0.804. The maximum Gasteiger partial charge on any atom is 0.182 e. The van der Waals surface area contributed by atoms with E-state index in [-0.39, 0.29) is 22.3 Å². The standard InChI is InChI=1S/C13H16F2N2OS/c1-2-8-7-18-6-5-17(8)10-4-3-9(13(16)19)11(14)12(10)15/h3-4,8H,2,5-7H2,1H3,(H2,16,19). The molecule has 0 amide bonds. The predicted molar refractivity (Wildman–Crippen MR) is 74.5 cm³/mol. The summed E-state index contributed by atoms with van der Waals surface area (Å²) in [5, 5.41) is 0. The van der Waals surface area contributed by atoms with E-state index in [1.165, 1.54) is 12.1 Å². The monoisotopic (exact) mass is 286 g/mol. The number of nitrogens with two attached hydrogens (primary N) is 1. The van der Waals surface area contributed by atoms with Gasteiger partial charge in [0.15, 0.2) is 11.6 Å². The Morgan fingerprint density at radius 1 is 1.47 bits per heavy atom. The Kier molecular flexibility index (Phi) is 4.31. The number of benzene rings is 1. The van der Waals surface area contributed by atoms with Gasteiger partial charge in [-0.2, -0.15) is 0 Å². The fourth-order valence-corrected chi connectivity index (χ4v) is 2.42. The predicted octanol–water partition coefficient (Wildman–Crippen LogP) is 2.21. The third kappa shape index (κ3) is 2.69. The van der Waals surface area contributed by atoms with Crippen LogP contribution in [0.3, 0.4) is 0 Å². The third-order valence-corrected chi connectivity index (χ3v) is 3.56. The molecule has 0 radical (unpaired) electrons. The molecule has 0 bridgehead atoms. The number of anilines is 1. The lowest BCUT2D eigenvalue weighted by Crippen LogP contribution is -2.45. The van der Waals surface area contributed by atoms with Crippen molar-refractivity contribution in [3.63, 3.8) is 0 Å². The molecule has 0 aliphatic carbocycles. The van der Waals surface area contributed by atoms with Crippen molar-refractivity contribution in [2.75, 3.05) is 24.7 Å². The highest BCUT2D eigenvalue weighted by molar-refractivity contribution is 7.80. The Hall–Kier alpha value is -1.27. The van der Waals surface area contributed by atoms with Gasteiger partial charge in [0.25, 0.3) is 0 Å². The topological polar surface area (TPSA) is 38.5 Å². The van der Waals surface area contributed by atoms with Gasteiger partial charge in [0.05, 0.1) is 24.9 Å². The van der Waals surface area contributed by atoms with Crippen LogP contribution in [0.5, 0.6) is 0 Å². The average Bonchev–Trinajstić information content (AvgIpc) is 2.41. The van der Waals surface area contributed by atoms with Crippen LogP contribution in [0.1, 0.15) is 18.9 Å². The molecule has 0 aromatic heterocycles. The lowest BCUT2D eigenvalue weighted by molar-refractivity contribution is 0.0925. The van der Waals surface area contributed by atoms with Crippen LogP contribution in [-0.4, -0.2) is 30.8 Å². The number of nitrogens with zero attached hydrogens (tertiary/aromatic N) is 1. The second-order valence-electron chi connectivity index (χ2n) is 4.45. The minimum Gasteiger partial charge on any atom is -0.389 e. The molecule has 0 saturated carbocycles. The molecule has 0 spiro atoms. The van der Waals surface area contributed by atoms with E-state index in [0.717, 1.165) is 6.42 Å². The van der Waals surface area contributed by atoms with E-state index >= 15 is 0 Å². The van der Waals surface area contributed by atoms with Gasteiger partial charge in [-0.25, -0.2) is 8.78 Å². The third-order valence-electron chi connectivity index (χ3n) is 3.34. The second-order valence-corrected chi connectivity index (χ2v) is 4.89. The van der Waals surface area contributed by atoms with Crippen molar-refractivity contribution in [3.8, 4) is 0 Å². The van der Waals surface area contributed by atoms with E-state index in [1.54, 1.807) is 0 Å². The van der Waals surface area contributed by atoms with E-state index in [1.807, 2.05) is 11.8 Å². The van der Waals surface area contributed by atoms with Gasteiger partial charge in [0.1, 0.15) is 4.99 Å². The number of halogens is 2. The van der Waals surface area contributed by atoms with Gasteiger partial charge in [-0.3, -0.25) is 0 Å². The van der Waals surface area contributed by atoms with Gasteiger partial charge in [-0.1, -0.05) is 19.1 Å². The first kappa shape index (κ1) is 14.1. The van der Waals surface area contributed by atoms with Crippen molar-refractivity contribution in [1.29, 1.82) is 0 Å². The largest absolute Gasteiger partial charge is 0.389 e. The summed E-state index contributed by atoms with van der Waals surface area (Å²) in [6, 6.07) is 3.01. The average molecular weight is 286 g/mol. The van der Waals surface area contributed by atoms with Crippen LogP contribution in [0, 0.1) is 11.6 Å². The smallest absolute Gasteiger partial charge is 0.182 e. The number of ether oxygens (including phenoxy) is 1. The van der Waals surface area contributed by atoms with Gasteiger partial charge in [-0.15, -0.1) is 0 Å². The number of hydrogen-bond acceptors (Lipinski definition) is 3. The number of rotatable bonds is 3. The first-order valence-corrected chi connectivity index (χ1v) is 6.59. The summed E-state index contributed by atoms with van der Waals surface area (Å²) < 4.78 is 33.4. The van der Waals surface area contributed by atoms with E-state index in [0.29, 0.717) is 19.8 Å². The van der Waals surface area contributed by atoms with E-state index in [9.17, 15) is 8.78 Å². The molecular weight excluding hydrogens is 270 g/mol. The Bertz CT molecular complexity index is 496. The minimum absolute atomic E-state index is 0.0540. The van der Waals surface area contributed by atoms with Crippen LogP contribution >= 0.6 is 12.2 Å². The van der Waals surface area contributed by atoms with Crippen molar-refractivity contribution in [2.24, 2.45) is 5.73 Å². The first-order chi connectivity index (χ1) is 9.06. The zero-order valence-electron chi connectivity index (χ0n) is 10.7. The highest BCUT2D eigenvalue weighted by Crippen LogP contribution is 2.27. The molecule has 2 rings (SSSR count). The van der Waals surface area contributed by atoms with Crippen LogP contribution in [0.2, 0.25) is 0 Å². The van der Waals surface area contributed by atoms with Crippen molar-refractivity contribution < 1.29 is 13.5 Å². The zero-order chi connectivity index (χ0) is 14.0. The van der Waals surface area contributed by atoms with E-state index < -0.39 is 11.6 Å². The summed E-state index contributed by atoms with van der Waals surface area (Å²) in [6.45, 7) is 3.56. The molecule has 1 unspecified atom stereocenters. The fourth-order valence-electron chi connectivity index (χ4n) is 2.26. The molecular formula is C13H16F2N2OS. The molecule has 1 aliphatic rings. The zero-order valence-corrected chi connectivity index (χ0v) is 11.5. The van der Waals surface area contributed by atoms with Crippen LogP contribution in [0.15, 0.2) is 12.1 Å². The normalized spacial score (nSPS) is 19.5. The van der Waals surface area contributed by atoms with Crippen LogP contribution in [0.25, 0.3) is 0 Å². The van der Waals surface area contributed by atoms with Crippen molar-refractivity contribution in [2.45, 2.75) is 19.4 Å². The number of morpholine rings is 1.